The molecular formula is C18H40O3. The van der Waals surface area contributed by atoms with Crippen molar-refractivity contribution in [1.29, 1.82) is 0 Å². The average molecular weight is 305 g/mol. The van der Waals surface area contributed by atoms with Gasteiger partial charge in [0.25, 0.3) is 0 Å². The Labute approximate surface area is 133 Å². The van der Waals surface area contributed by atoms with Gasteiger partial charge in [0.2, 0.25) is 0 Å². The number of hydrogen-bond donors (Lipinski definition) is 2. The van der Waals surface area contributed by atoms with Crippen molar-refractivity contribution in [2.45, 2.75) is 90.9 Å². The van der Waals surface area contributed by atoms with E-state index in [1.165, 1.54) is 77.0 Å². The number of unbranched alkanes of at least 4 members (excludes halogenated alkanes) is 11. The molecule has 0 heterocycles. The van der Waals surface area contributed by atoms with Gasteiger partial charge in [-0.05, 0) is 0 Å². The molecule has 0 unspecified atom stereocenters. The minimum absolute atomic E-state index is 0.0278. The number of rotatable bonds is 15. The van der Waals surface area contributed by atoms with Gasteiger partial charge in [-0.1, -0.05) is 90.9 Å². The first-order chi connectivity index (χ1) is 10.3. The predicted octanol–water partition coefficient (Wildman–Crippen LogP) is 4.70. The normalized spacial score (nSPS) is 10.3. The minimum Gasteiger partial charge on any atom is -0.394 e. The van der Waals surface area contributed by atoms with Crippen LogP contribution in [-0.4, -0.2) is 36.6 Å². The largest absolute Gasteiger partial charge is 0.394 e. The Kier molecular flexibility index (Phi) is 27.4. The van der Waals surface area contributed by atoms with Crippen LogP contribution < -0.4 is 0 Å². The van der Waals surface area contributed by atoms with Crippen molar-refractivity contribution in [2.75, 3.05) is 26.4 Å². The van der Waals surface area contributed by atoms with E-state index >= 15 is 0 Å². The fourth-order valence-electron chi connectivity index (χ4n) is 2.15. The Morgan fingerprint density at radius 1 is 0.524 bits per heavy atom. The molecule has 2 N–H and O–H groups in total. The first-order valence-electron chi connectivity index (χ1n) is 9.12. The molecule has 0 bridgehead atoms. The fourth-order valence-corrected chi connectivity index (χ4v) is 2.15. The van der Waals surface area contributed by atoms with Crippen molar-refractivity contribution in [3.8, 4) is 0 Å². The lowest BCUT2D eigenvalue weighted by molar-refractivity contribution is 0.0650. The van der Waals surface area contributed by atoms with E-state index in [1.54, 1.807) is 0 Å². The third-order valence-corrected chi connectivity index (χ3v) is 3.43. The third kappa shape index (κ3) is 28.7. The van der Waals surface area contributed by atoms with E-state index in [1.807, 2.05) is 0 Å². The Balaban J connectivity index is 0. The van der Waals surface area contributed by atoms with Gasteiger partial charge in [-0.25, -0.2) is 0 Å². The first kappa shape index (κ1) is 23.2. The standard InChI is InChI=1S/C14H30.C4H10O3/c1-3-5-7-9-11-13-14-12-10-8-6-4-2;5-1-3-7-4-2-6/h3-14H2,1-2H3;5-6H,1-4H2. The molecule has 0 saturated carbocycles. The van der Waals surface area contributed by atoms with E-state index in [9.17, 15) is 0 Å². The molecule has 0 aliphatic carbocycles. The topological polar surface area (TPSA) is 49.7 Å². The van der Waals surface area contributed by atoms with E-state index in [0.29, 0.717) is 13.2 Å². The molecule has 0 aromatic heterocycles. The van der Waals surface area contributed by atoms with Crippen LogP contribution in [0.4, 0.5) is 0 Å². The minimum atomic E-state index is 0.0278. The van der Waals surface area contributed by atoms with Gasteiger partial charge in [0.15, 0.2) is 0 Å². The molecule has 0 saturated heterocycles. The van der Waals surface area contributed by atoms with E-state index in [0.717, 1.165) is 0 Å². The highest BCUT2D eigenvalue weighted by Gasteiger charge is 1.91. The monoisotopic (exact) mass is 304 g/mol. The van der Waals surface area contributed by atoms with Crippen LogP contribution in [0.1, 0.15) is 90.9 Å². The van der Waals surface area contributed by atoms with Crippen LogP contribution in [-0.2, 0) is 4.74 Å². The zero-order valence-corrected chi connectivity index (χ0v) is 14.6. The molecule has 130 valence electrons. The van der Waals surface area contributed by atoms with Gasteiger partial charge in [0, 0.05) is 0 Å². The molecule has 0 aromatic rings. The summed E-state index contributed by atoms with van der Waals surface area (Å²) in [5, 5.41) is 16.2. The van der Waals surface area contributed by atoms with Gasteiger partial charge in [0.05, 0.1) is 26.4 Å². The highest BCUT2D eigenvalue weighted by Crippen LogP contribution is 2.11. The van der Waals surface area contributed by atoms with Crippen molar-refractivity contribution in [2.24, 2.45) is 0 Å². The molecule has 0 spiro atoms. The summed E-state index contributed by atoms with van der Waals surface area (Å²) >= 11 is 0. The Morgan fingerprint density at radius 2 is 0.810 bits per heavy atom. The predicted molar refractivity (Wildman–Crippen MR) is 91.7 cm³/mol. The zero-order valence-electron chi connectivity index (χ0n) is 14.6. The quantitative estimate of drug-likeness (QED) is 0.431. The summed E-state index contributed by atoms with van der Waals surface area (Å²) in [6.45, 7) is 5.27. The van der Waals surface area contributed by atoms with Crippen molar-refractivity contribution in [3.63, 3.8) is 0 Å². The maximum Gasteiger partial charge on any atom is 0.0698 e. The Hall–Kier alpha value is -0.120. The smallest absolute Gasteiger partial charge is 0.0698 e. The van der Waals surface area contributed by atoms with Crippen molar-refractivity contribution >= 4 is 0 Å². The molecular weight excluding hydrogens is 264 g/mol. The lowest BCUT2D eigenvalue weighted by atomic mass is 10.1. The van der Waals surface area contributed by atoms with Crippen LogP contribution in [0, 0.1) is 0 Å². The molecule has 0 aromatic carbocycles. The van der Waals surface area contributed by atoms with Gasteiger partial charge in [-0.2, -0.15) is 0 Å². The molecule has 0 amide bonds. The summed E-state index contributed by atoms with van der Waals surface area (Å²) in [6, 6.07) is 0. The first-order valence-corrected chi connectivity index (χ1v) is 9.12. The van der Waals surface area contributed by atoms with Gasteiger partial charge >= 0.3 is 0 Å². The van der Waals surface area contributed by atoms with Crippen LogP contribution >= 0.6 is 0 Å². The SMILES string of the molecule is CCCCCCCCCCCCCC.OCCOCCO. The number of ether oxygens (including phenoxy) is 1. The molecule has 0 aliphatic rings. The second kappa shape index (κ2) is 24.9. The molecule has 0 rings (SSSR count). The van der Waals surface area contributed by atoms with Gasteiger partial charge in [0.1, 0.15) is 0 Å². The van der Waals surface area contributed by atoms with E-state index < -0.39 is 0 Å². The Morgan fingerprint density at radius 3 is 1.05 bits per heavy atom. The van der Waals surface area contributed by atoms with Crippen molar-refractivity contribution in [3.05, 3.63) is 0 Å². The summed E-state index contributed by atoms with van der Waals surface area (Å²) in [5.41, 5.74) is 0. The molecule has 3 heteroatoms. The van der Waals surface area contributed by atoms with E-state index in [-0.39, 0.29) is 13.2 Å². The number of aliphatic hydroxyl groups excluding tert-OH is 2. The highest BCUT2D eigenvalue weighted by atomic mass is 16.5. The van der Waals surface area contributed by atoms with Gasteiger partial charge in [-0.15, -0.1) is 0 Å². The van der Waals surface area contributed by atoms with E-state index in [2.05, 4.69) is 18.6 Å². The van der Waals surface area contributed by atoms with E-state index in [4.69, 9.17) is 10.2 Å². The average Bonchev–Trinajstić information content (AvgIpc) is 2.50. The summed E-state index contributed by atoms with van der Waals surface area (Å²) in [7, 11) is 0. The van der Waals surface area contributed by atoms with Gasteiger partial charge in [-0.3, -0.25) is 0 Å². The summed E-state index contributed by atoms with van der Waals surface area (Å²) in [6.07, 6.45) is 17.4. The van der Waals surface area contributed by atoms with Crippen LogP contribution in [0.15, 0.2) is 0 Å². The summed E-state index contributed by atoms with van der Waals surface area (Å²) < 4.78 is 4.63. The van der Waals surface area contributed by atoms with Crippen molar-refractivity contribution in [1.82, 2.24) is 0 Å². The van der Waals surface area contributed by atoms with Crippen LogP contribution in [0.5, 0.6) is 0 Å². The lowest BCUT2D eigenvalue weighted by Gasteiger charge is -2.01. The van der Waals surface area contributed by atoms with Gasteiger partial charge < -0.3 is 14.9 Å². The molecule has 0 fully saturated rings. The third-order valence-electron chi connectivity index (χ3n) is 3.43. The molecule has 0 radical (unpaired) electrons. The second-order valence-electron chi connectivity index (χ2n) is 5.60. The van der Waals surface area contributed by atoms with Crippen LogP contribution in [0.3, 0.4) is 0 Å². The summed E-state index contributed by atoms with van der Waals surface area (Å²) in [4.78, 5) is 0. The maximum atomic E-state index is 8.09. The molecule has 3 nitrogen and oxygen atoms in total. The maximum absolute atomic E-state index is 8.09. The fraction of sp³-hybridized carbons (Fsp3) is 1.00. The second-order valence-corrected chi connectivity index (χ2v) is 5.60. The number of aliphatic hydroxyl groups is 2. The van der Waals surface area contributed by atoms with Crippen molar-refractivity contribution < 1.29 is 14.9 Å². The van der Waals surface area contributed by atoms with Crippen LogP contribution in [0.25, 0.3) is 0 Å². The lowest BCUT2D eigenvalue weighted by Crippen LogP contribution is -2.03. The summed E-state index contributed by atoms with van der Waals surface area (Å²) in [5.74, 6) is 0. The van der Waals surface area contributed by atoms with Crippen LogP contribution in [0.2, 0.25) is 0 Å². The molecule has 21 heavy (non-hydrogen) atoms. The molecule has 0 aliphatic heterocycles. The Bertz CT molecular complexity index is 135. The molecule has 0 atom stereocenters. The highest BCUT2D eigenvalue weighted by molar-refractivity contribution is 4.47. The zero-order chi connectivity index (χ0) is 16.0. The number of hydrogen-bond acceptors (Lipinski definition) is 3.